The van der Waals surface area contributed by atoms with Crippen LogP contribution in [-0.4, -0.2) is 40.2 Å². The zero-order valence-corrected chi connectivity index (χ0v) is 12.4. The number of rotatable bonds is 7. The molecule has 0 amide bonds. The zero-order chi connectivity index (χ0) is 14.4. The van der Waals surface area contributed by atoms with Gasteiger partial charge in [0.05, 0.1) is 0 Å². The molecule has 1 aliphatic rings. The van der Waals surface area contributed by atoms with Gasteiger partial charge in [0.2, 0.25) is 0 Å². The van der Waals surface area contributed by atoms with E-state index in [9.17, 15) is 8.42 Å². The van der Waals surface area contributed by atoms with E-state index in [1.54, 1.807) is 12.3 Å². The summed E-state index contributed by atoms with van der Waals surface area (Å²) in [4.78, 5) is 4.00. The molecular weight excluding hydrogens is 278 g/mol. The van der Waals surface area contributed by atoms with Crippen molar-refractivity contribution in [2.45, 2.75) is 24.4 Å². The Bertz CT molecular complexity index is 510. The molecule has 0 bridgehead atoms. The number of aromatic nitrogens is 1. The van der Waals surface area contributed by atoms with E-state index in [1.807, 2.05) is 7.05 Å². The Balaban J connectivity index is 1.88. The van der Waals surface area contributed by atoms with Crippen molar-refractivity contribution in [3.63, 3.8) is 0 Å². The summed E-state index contributed by atoms with van der Waals surface area (Å²) in [5.41, 5.74) is 0.953. The molecule has 112 valence electrons. The van der Waals surface area contributed by atoms with Gasteiger partial charge in [0.1, 0.15) is 0 Å². The van der Waals surface area contributed by atoms with Gasteiger partial charge in [0, 0.05) is 32.5 Å². The van der Waals surface area contributed by atoms with Crippen molar-refractivity contribution in [2.75, 3.05) is 26.8 Å². The maximum Gasteiger partial charge on any atom is 0.258 e. The fourth-order valence-corrected chi connectivity index (χ4v) is 3.13. The number of hydrogen-bond acceptors (Lipinski definition) is 5. The molecular formula is C13H21N3O3S. The third-order valence-corrected chi connectivity index (χ3v) is 4.70. The Hall–Kier alpha value is -1.02. The molecule has 0 aliphatic carbocycles. The molecule has 2 heterocycles. The largest absolute Gasteiger partial charge is 0.381 e. The molecule has 7 heteroatoms. The van der Waals surface area contributed by atoms with Crippen molar-refractivity contribution in [1.29, 1.82) is 0 Å². The molecule has 0 spiro atoms. The highest BCUT2D eigenvalue weighted by Crippen LogP contribution is 2.15. The second-order valence-corrected chi connectivity index (χ2v) is 6.66. The first-order chi connectivity index (χ1) is 9.62. The molecule has 1 aromatic rings. The molecule has 20 heavy (non-hydrogen) atoms. The SMILES string of the molecule is CNCc1ccc(S(=O)(=O)NCCC2CCOC2)nc1. The van der Waals surface area contributed by atoms with Gasteiger partial charge in [-0.25, -0.2) is 18.1 Å². The van der Waals surface area contributed by atoms with Crippen LogP contribution in [0.1, 0.15) is 18.4 Å². The predicted octanol–water partition coefficient (Wildman–Crippen LogP) is 0.506. The van der Waals surface area contributed by atoms with Crippen LogP contribution in [-0.2, 0) is 21.3 Å². The second-order valence-electron chi connectivity index (χ2n) is 4.95. The smallest absolute Gasteiger partial charge is 0.258 e. The van der Waals surface area contributed by atoms with Crippen molar-refractivity contribution < 1.29 is 13.2 Å². The van der Waals surface area contributed by atoms with E-state index in [1.165, 1.54) is 6.07 Å². The van der Waals surface area contributed by atoms with Crippen LogP contribution in [0, 0.1) is 5.92 Å². The molecule has 1 unspecified atom stereocenters. The number of ether oxygens (including phenoxy) is 1. The van der Waals surface area contributed by atoms with Gasteiger partial charge in [-0.15, -0.1) is 0 Å². The first kappa shape index (κ1) is 15.4. The second kappa shape index (κ2) is 7.12. The van der Waals surface area contributed by atoms with E-state index >= 15 is 0 Å². The topological polar surface area (TPSA) is 80.3 Å². The number of hydrogen-bond donors (Lipinski definition) is 2. The van der Waals surface area contributed by atoms with Crippen molar-refractivity contribution in [1.82, 2.24) is 15.0 Å². The standard InChI is InChI=1S/C13H21N3O3S/c1-14-8-12-2-3-13(15-9-12)20(17,18)16-6-4-11-5-7-19-10-11/h2-3,9,11,14,16H,4-8,10H2,1H3. The van der Waals surface area contributed by atoms with Crippen molar-refractivity contribution in [2.24, 2.45) is 5.92 Å². The minimum Gasteiger partial charge on any atom is -0.381 e. The first-order valence-corrected chi connectivity index (χ1v) is 8.27. The minimum atomic E-state index is -3.51. The summed E-state index contributed by atoms with van der Waals surface area (Å²) in [6.45, 7) is 2.61. The molecule has 0 saturated carbocycles. The number of nitrogens with one attached hydrogen (secondary N) is 2. The third kappa shape index (κ3) is 4.24. The van der Waals surface area contributed by atoms with Crippen molar-refractivity contribution in [3.8, 4) is 0 Å². The Labute approximate surface area is 120 Å². The normalized spacial score (nSPS) is 19.4. The van der Waals surface area contributed by atoms with E-state index < -0.39 is 10.0 Å². The van der Waals surface area contributed by atoms with Crippen LogP contribution in [0.2, 0.25) is 0 Å². The average molecular weight is 299 g/mol. The van der Waals surface area contributed by atoms with Crippen LogP contribution in [0.3, 0.4) is 0 Å². The van der Waals surface area contributed by atoms with Gasteiger partial charge in [-0.05, 0) is 37.4 Å². The van der Waals surface area contributed by atoms with Crippen LogP contribution >= 0.6 is 0 Å². The maximum atomic E-state index is 12.1. The average Bonchev–Trinajstić information content (AvgIpc) is 2.93. The van der Waals surface area contributed by atoms with Crippen LogP contribution in [0.4, 0.5) is 0 Å². The van der Waals surface area contributed by atoms with Crippen molar-refractivity contribution >= 4 is 10.0 Å². The van der Waals surface area contributed by atoms with Crippen molar-refractivity contribution in [3.05, 3.63) is 23.9 Å². The summed E-state index contributed by atoms with van der Waals surface area (Å²) < 4.78 is 32.0. The van der Waals surface area contributed by atoms with Crippen LogP contribution in [0.25, 0.3) is 0 Å². The van der Waals surface area contributed by atoms with Gasteiger partial charge in [-0.1, -0.05) is 6.07 Å². The summed E-state index contributed by atoms with van der Waals surface area (Å²) in [5, 5.41) is 3.06. The lowest BCUT2D eigenvalue weighted by Gasteiger charge is -2.09. The molecule has 6 nitrogen and oxygen atoms in total. The molecule has 0 aromatic carbocycles. The summed E-state index contributed by atoms with van der Waals surface area (Å²) in [6.07, 6.45) is 3.39. The molecule has 1 aliphatic heterocycles. The van der Waals surface area contributed by atoms with Crippen LogP contribution in [0.5, 0.6) is 0 Å². The highest BCUT2D eigenvalue weighted by atomic mass is 32.2. The monoisotopic (exact) mass is 299 g/mol. The summed E-state index contributed by atoms with van der Waals surface area (Å²) in [7, 11) is -1.67. The maximum absolute atomic E-state index is 12.1. The Morgan fingerprint density at radius 2 is 2.30 bits per heavy atom. The van der Waals surface area contributed by atoms with E-state index in [0.717, 1.165) is 31.6 Å². The zero-order valence-electron chi connectivity index (χ0n) is 11.6. The van der Waals surface area contributed by atoms with E-state index in [-0.39, 0.29) is 5.03 Å². The highest BCUT2D eigenvalue weighted by molar-refractivity contribution is 7.89. The quantitative estimate of drug-likeness (QED) is 0.766. The number of nitrogens with zero attached hydrogens (tertiary/aromatic N) is 1. The van der Waals surface area contributed by atoms with Gasteiger partial charge < -0.3 is 10.1 Å². The molecule has 1 saturated heterocycles. The van der Waals surface area contributed by atoms with Gasteiger partial charge in [0.25, 0.3) is 10.0 Å². The Morgan fingerprint density at radius 3 is 2.90 bits per heavy atom. The number of pyridine rings is 1. The molecule has 2 N–H and O–H groups in total. The lowest BCUT2D eigenvalue weighted by Crippen LogP contribution is -2.27. The molecule has 2 rings (SSSR count). The Morgan fingerprint density at radius 1 is 1.45 bits per heavy atom. The van der Waals surface area contributed by atoms with E-state index in [4.69, 9.17) is 4.74 Å². The van der Waals surface area contributed by atoms with Crippen LogP contribution < -0.4 is 10.0 Å². The van der Waals surface area contributed by atoms with Gasteiger partial charge in [-0.3, -0.25) is 0 Å². The highest BCUT2D eigenvalue weighted by Gasteiger charge is 2.18. The van der Waals surface area contributed by atoms with Gasteiger partial charge >= 0.3 is 0 Å². The lowest BCUT2D eigenvalue weighted by molar-refractivity contribution is 0.184. The lowest BCUT2D eigenvalue weighted by atomic mass is 10.1. The summed E-state index contributed by atoms with van der Waals surface area (Å²) >= 11 is 0. The van der Waals surface area contributed by atoms with Gasteiger partial charge in [0.15, 0.2) is 5.03 Å². The summed E-state index contributed by atoms with van der Waals surface area (Å²) in [6, 6.07) is 3.30. The fraction of sp³-hybridized carbons (Fsp3) is 0.615. The first-order valence-electron chi connectivity index (χ1n) is 6.79. The summed E-state index contributed by atoms with van der Waals surface area (Å²) in [5.74, 6) is 0.462. The fourth-order valence-electron chi connectivity index (χ4n) is 2.16. The Kier molecular flexibility index (Phi) is 5.47. The van der Waals surface area contributed by atoms with E-state index in [0.29, 0.717) is 19.0 Å². The van der Waals surface area contributed by atoms with Gasteiger partial charge in [-0.2, -0.15) is 0 Å². The molecule has 1 fully saturated rings. The number of sulfonamides is 1. The predicted molar refractivity (Wildman–Crippen MR) is 75.7 cm³/mol. The van der Waals surface area contributed by atoms with E-state index in [2.05, 4.69) is 15.0 Å². The third-order valence-electron chi connectivity index (χ3n) is 3.32. The van der Waals surface area contributed by atoms with Crippen LogP contribution in [0.15, 0.2) is 23.4 Å². The molecule has 1 aromatic heterocycles. The minimum absolute atomic E-state index is 0.0695. The molecule has 0 radical (unpaired) electrons. The molecule has 1 atom stereocenters.